The molecule has 0 atom stereocenters. The van der Waals surface area contributed by atoms with Gasteiger partial charge in [0.25, 0.3) is 0 Å². The van der Waals surface area contributed by atoms with Gasteiger partial charge in [-0.2, -0.15) is 0 Å². The predicted molar refractivity (Wildman–Crippen MR) is 82.7 cm³/mol. The van der Waals surface area contributed by atoms with E-state index in [9.17, 15) is 4.79 Å². The van der Waals surface area contributed by atoms with Gasteiger partial charge in [-0.25, -0.2) is 0 Å². The fraction of sp³-hybridized carbons (Fsp3) is 0.400. The number of benzene rings is 1. The predicted octanol–water partition coefficient (Wildman–Crippen LogP) is 3.29. The molecule has 0 bridgehead atoms. The van der Waals surface area contributed by atoms with Crippen LogP contribution >= 0.6 is 11.6 Å². The first kappa shape index (κ1) is 15.6. The van der Waals surface area contributed by atoms with Crippen LogP contribution in [0.15, 0.2) is 24.3 Å². The number of carbonyl (C=O) groups is 1. The summed E-state index contributed by atoms with van der Waals surface area (Å²) in [5, 5.41) is 0.648. The summed E-state index contributed by atoms with van der Waals surface area (Å²) in [5.41, 5.74) is 1.89. The SMILES string of the molecule is CCN(CC)C(=O)C=Cc1ccc(N(C)C)cc1Cl. The van der Waals surface area contributed by atoms with E-state index in [4.69, 9.17) is 11.6 Å². The summed E-state index contributed by atoms with van der Waals surface area (Å²) in [6, 6.07) is 5.79. The molecule has 1 rings (SSSR count). The number of amides is 1. The third-order valence-electron chi connectivity index (χ3n) is 2.98. The molecule has 0 N–H and O–H groups in total. The highest BCUT2D eigenvalue weighted by Gasteiger charge is 2.06. The Bertz CT molecular complexity index is 465. The fourth-order valence-electron chi connectivity index (χ4n) is 1.73. The number of nitrogens with zero attached hydrogens (tertiary/aromatic N) is 2. The van der Waals surface area contributed by atoms with E-state index in [0.717, 1.165) is 11.3 Å². The Morgan fingerprint density at radius 2 is 1.89 bits per heavy atom. The summed E-state index contributed by atoms with van der Waals surface area (Å²) in [5.74, 6) is 0.0118. The van der Waals surface area contributed by atoms with Crippen LogP contribution in [0.1, 0.15) is 19.4 Å². The van der Waals surface area contributed by atoms with Crippen LogP contribution in [0.3, 0.4) is 0 Å². The molecule has 0 radical (unpaired) electrons. The maximum atomic E-state index is 11.9. The lowest BCUT2D eigenvalue weighted by Crippen LogP contribution is -2.28. The van der Waals surface area contributed by atoms with Crippen molar-refractivity contribution in [1.82, 2.24) is 4.90 Å². The van der Waals surface area contributed by atoms with Gasteiger partial charge in [-0.15, -0.1) is 0 Å². The molecule has 0 aliphatic heterocycles. The second-order valence-corrected chi connectivity index (χ2v) is 4.85. The molecule has 0 aromatic heterocycles. The van der Waals surface area contributed by atoms with E-state index < -0.39 is 0 Å². The Morgan fingerprint density at radius 1 is 1.26 bits per heavy atom. The quantitative estimate of drug-likeness (QED) is 0.773. The highest BCUT2D eigenvalue weighted by molar-refractivity contribution is 6.32. The molecule has 0 fully saturated rings. The van der Waals surface area contributed by atoms with Crippen LogP contribution in [0.2, 0.25) is 5.02 Å². The molecule has 0 spiro atoms. The van der Waals surface area contributed by atoms with E-state index in [0.29, 0.717) is 18.1 Å². The smallest absolute Gasteiger partial charge is 0.246 e. The van der Waals surface area contributed by atoms with Gasteiger partial charge >= 0.3 is 0 Å². The summed E-state index contributed by atoms with van der Waals surface area (Å²) in [7, 11) is 3.93. The lowest BCUT2D eigenvalue weighted by molar-refractivity contribution is -0.125. The van der Waals surface area contributed by atoms with E-state index in [1.807, 2.05) is 51.0 Å². The first-order valence-corrected chi connectivity index (χ1v) is 6.81. The minimum absolute atomic E-state index is 0.0118. The third kappa shape index (κ3) is 4.28. The number of anilines is 1. The number of rotatable bonds is 5. The molecular formula is C15H21ClN2O. The van der Waals surface area contributed by atoms with Crippen molar-refractivity contribution < 1.29 is 4.79 Å². The van der Waals surface area contributed by atoms with Gasteiger partial charge in [0, 0.05) is 44.0 Å². The molecule has 4 heteroatoms. The van der Waals surface area contributed by atoms with E-state index in [-0.39, 0.29) is 5.91 Å². The Kier molecular flexibility index (Phi) is 5.90. The molecule has 3 nitrogen and oxygen atoms in total. The maximum absolute atomic E-state index is 11.9. The first-order chi connectivity index (χ1) is 8.99. The highest BCUT2D eigenvalue weighted by atomic mass is 35.5. The molecule has 0 aliphatic carbocycles. The summed E-state index contributed by atoms with van der Waals surface area (Å²) >= 11 is 6.20. The highest BCUT2D eigenvalue weighted by Crippen LogP contribution is 2.23. The van der Waals surface area contributed by atoms with Crippen LogP contribution in [0.25, 0.3) is 6.08 Å². The lowest BCUT2D eigenvalue weighted by atomic mass is 10.2. The number of carbonyl (C=O) groups excluding carboxylic acids is 1. The largest absolute Gasteiger partial charge is 0.378 e. The first-order valence-electron chi connectivity index (χ1n) is 6.43. The van der Waals surface area contributed by atoms with E-state index >= 15 is 0 Å². The second kappa shape index (κ2) is 7.19. The van der Waals surface area contributed by atoms with Crippen LogP contribution < -0.4 is 4.90 Å². The normalized spacial score (nSPS) is 10.8. The third-order valence-corrected chi connectivity index (χ3v) is 3.31. The van der Waals surface area contributed by atoms with Crippen molar-refractivity contribution in [3.8, 4) is 0 Å². The molecule has 104 valence electrons. The van der Waals surface area contributed by atoms with Crippen LogP contribution in [0.5, 0.6) is 0 Å². The summed E-state index contributed by atoms with van der Waals surface area (Å²) in [6.45, 7) is 5.36. The van der Waals surface area contributed by atoms with Crippen molar-refractivity contribution in [2.45, 2.75) is 13.8 Å². The van der Waals surface area contributed by atoms with Crippen LogP contribution in [0.4, 0.5) is 5.69 Å². The minimum Gasteiger partial charge on any atom is -0.378 e. The molecule has 0 heterocycles. The van der Waals surface area contributed by atoms with Gasteiger partial charge in [-0.05, 0) is 37.6 Å². The van der Waals surface area contributed by atoms with Gasteiger partial charge in [-0.3, -0.25) is 4.79 Å². The van der Waals surface area contributed by atoms with Crippen molar-refractivity contribution in [3.05, 3.63) is 34.9 Å². The van der Waals surface area contributed by atoms with Crippen LogP contribution in [0, 0.1) is 0 Å². The zero-order valence-corrected chi connectivity index (χ0v) is 12.7. The van der Waals surface area contributed by atoms with Crippen molar-refractivity contribution in [1.29, 1.82) is 0 Å². The second-order valence-electron chi connectivity index (χ2n) is 4.44. The van der Waals surface area contributed by atoms with Gasteiger partial charge in [0.05, 0.1) is 0 Å². The number of hydrogen-bond acceptors (Lipinski definition) is 2. The van der Waals surface area contributed by atoms with Crippen molar-refractivity contribution in [2.24, 2.45) is 0 Å². The average Bonchev–Trinajstić information content (AvgIpc) is 2.38. The molecule has 0 unspecified atom stereocenters. The summed E-state index contributed by atoms with van der Waals surface area (Å²) in [6.07, 6.45) is 3.34. The molecule has 1 aromatic rings. The average molecular weight is 281 g/mol. The number of hydrogen-bond donors (Lipinski definition) is 0. The monoisotopic (exact) mass is 280 g/mol. The zero-order valence-electron chi connectivity index (χ0n) is 12.0. The summed E-state index contributed by atoms with van der Waals surface area (Å²) in [4.78, 5) is 15.6. The minimum atomic E-state index is 0.0118. The topological polar surface area (TPSA) is 23.6 Å². The van der Waals surface area contributed by atoms with Crippen LogP contribution in [-0.4, -0.2) is 38.0 Å². The molecule has 1 aromatic carbocycles. The molecule has 0 saturated carbocycles. The Labute approximate surface area is 120 Å². The Morgan fingerprint density at radius 3 is 2.37 bits per heavy atom. The molecule has 19 heavy (non-hydrogen) atoms. The zero-order chi connectivity index (χ0) is 14.4. The van der Waals surface area contributed by atoms with Crippen molar-refractivity contribution in [3.63, 3.8) is 0 Å². The molecule has 1 amide bonds. The van der Waals surface area contributed by atoms with E-state index in [1.165, 1.54) is 0 Å². The number of halogens is 1. The van der Waals surface area contributed by atoms with Gasteiger partial charge in [0.15, 0.2) is 0 Å². The Hall–Kier alpha value is -1.48. The van der Waals surface area contributed by atoms with Gasteiger partial charge < -0.3 is 9.80 Å². The standard InChI is InChI=1S/C15H21ClN2O/c1-5-18(6-2)15(19)10-8-12-7-9-13(17(3)4)11-14(12)16/h7-11H,5-6H2,1-4H3. The Balaban J connectivity index is 2.85. The number of likely N-dealkylation sites (N-methyl/N-ethyl adjacent to an activating group) is 1. The maximum Gasteiger partial charge on any atom is 0.246 e. The summed E-state index contributed by atoms with van der Waals surface area (Å²) < 4.78 is 0. The van der Waals surface area contributed by atoms with E-state index in [1.54, 1.807) is 17.1 Å². The van der Waals surface area contributed by atoms with Gasteiger partial charge in [-0.1, -0.05) is 17.7 Å². The molecule has 0 saturated heterocycles. The lowest BCUT2D eigenvalue weighted by Gasteiger charge is -2.16. The van der Waals surface area contributed by atoms with Crippen molar-refractivity contribution >= 4 is 29.3 Å². The van der Waals surface area contributed by atoms with Crippen molar-refractivity contribution in [2.75, 3.05) is 32.1 Å². The molecular weight excluding hydrogens is 260 g/mol. The van der Waals surface area contributed by atoms with Gasteiger partial charge in [0.2, 0.25) is 5.91 Å². The van der Waals surface area contributed by atoms with Crippen LogP contribution in [-0.2, 0) is 4.79 Å². The van der Waals surface area contributed by atoms with E-state index in [2.05, 4.69) is 0 Å². The van der Waals surface area contributed by atoms with Gasteiger partial charge in [0.1, 0.15) is 0 Å². The fourth-order valence-corrected chi connectivity index (χ4v) is 1.97. The molecule has 0 aliphatic rings.